The Kier molecular flexibility index (Phi) is 8.15. The van der Waals surface area contributed by atoms with E-state index in [-0.39, 0.29) is 37.4 Å². The van der Waals surface area contributed by atoms with Crippen molar-refractivity contribution in [1.29, 1.82) is 0 Å². The molecular weight excluding hydrogens is 367 g/mol. The largest absolute Gasteiger partial charge is 0.347 e. The molecule has 7 nitrogen and oxygen atoms in total. The standard InChI is InChI=1S/C16H22Cl2N4O3/c1-20(2)14(24)10-22(4)15(25)9-21(3)8-13(23)19-16-11(17)6-5-7-12(16)18/h5-7H,8-10H2,1-4H3,(H,19,23)/p+1. The molecule has 0 aromatic heterocycles. The lowest BCUT2D eigenvalue weighted by atomic mass is 10.3. The first-order valence-corrected chi connectivity index (χ1v) is 8.36. The number of rotatable bonds is 7. The van der Waals surface area contributed by atoms with Crippen molar-refractivity contribution in [2.45, 2.75) is 0 Å². The number of anilines is 1. The molecule has 0 fully saturated rings. The second-order valence-corrected chi connectivity index (χ2v) is 6.81. The number of halogens is 2. The normalized spacial score (nSPS) is 11.6. The zero-order valence-corrected chi connectivity index (χ0v) is 16.2. The molecular formula is C16H23Cl2N4O3+. The van der Waals surface area contributed by atoms with Gasteiger partial charge in [-0.05, 0) is 12.1 Å². The predicted octanol–water partition coefficient (Wildman–Crippen LogP) is -0.00680. The molecule has 2 N–H and O–H groups in total. The first kappa shape index (κ1) is 21.2. The molecule has 9 heteroatoms. The van der Waals surface area contributed by atoms with E-state index in [1.54, 1.807) is 46.4 Å². The van der Waals surface area contributed by atoms with Gasteiger partial charge in [-0.1, -0.05) is 29.3 Å². The van der Waals surface area contributed by atoms with Crippen LogP contribution in [0.2, 0.25) is 10.0 Å². The van der Waals surface area contributed by atoms with E-state index < -0.39 is 0 Å². The number of carbonyl (C=O) groups is 3. The van der Waals surface area contributed by atoms with Crippen LogP contribution in [0.4, 0.5) is 5.69 Å². The third-order valence-electron chi connectivity index (χ3n) is 3.44. The predicted molar refractivity (Wildman–Crippen MR) is 98.0 cm³/mol. The summed E-state index contributed by atoms with van der Waals surface area (Å²) in [6, 6.07) is 4.93. The minimum Gasteiger partial charge on any atom is -0.347 e. The van der Waals surface area contributed by atoms with Crippen molar-refractivity contribution in [2.24, 2.45) is 0 Å². The Labute approximate surface area is 157 Å². The van der Waals surface area contributed by atoms with Crippen molar-refractivity contribution < 1.29 is 19.3 Å². The van der Waals surface area contributed by atoms with Gasteiger partial charge >= 0.3 is 0 Å². The van der Waals surface area contributed by atoms with Crippen LogP contribution in [0.3, 0.4) is 0 Å². The fourth-order valence-corrected chi connectivity index (χ4v) is 2.45. The van der Waals surface area contributed by atoms with Gasteiger partial charge in [-0.15, -0.1) is 0 Å². The summed E-state index contributed by atoms with van der Waals surface area (Å²) in [5.74, 6) is -0.705. The molecule has 1 atom stereocenters. The molecule has 0 saturated heterocycles. The molecule has 1 aromatic rings. The Morgan fingerprint density at radius 1 is 1.04 bits per heavy atom. The maximum absolute atomic E-state index is 12.1. The number of likely N-dealkylation sites (N-methyl/N-ethyl adjacent to an activating group) is 3. The van der Waals surface area contributed by atoms with E-state index in [1.165, 1.54) is 9.80 Å². The van der Waals surface area contributed by atoms with Crippen LogP contribution in [0.1, 0.15) is 0 Å². The van der Waals surface area contributed by atoms with Crippen molar-refractivity contribution in [3.63, 3.8) is 0 Å². The van der Waals surface area contributed by atoms with Gasteiger partial charge in [0.25, 0.3) is 11.8 Å². The van der Waals surface area contributed by atoms with Crippen LogP contribution < -0.4 is 10.2 Å². The second-order valence-electron chi connectivity index (χ2n) is 5.99. The van der Waals surface area contributed by atoms with E-state index in [1.807, 2.05) is 0 Å². The minimum atomic E-state index is -0.313. The topological polar surface area (TPSA) is 74.2 Å². The van der Waals surface area contributed by atoms with Crippen molar-refractivity contribution in [3.05, 3.63) is 28.2 Å². The van der Waals surface area contributed by atoms with Gasteiger partial charge in [0.15, 0.2) is 13.1 Å². The molecule has 0 saturated carbocycles. The van der Waals surface area contributed by atoms with E-state index in [0.717, 1.165) is 0 Å². The van der Waals surface area contributed by atoms with Crippen LogP contribution in [-0.2, 0) is 14.4 Å². The van der Waals surface area contributed by atoms with Crippen molar-refractivity contribution in [2.75, 3.05) is 53.1 Å². The molecule has 1 unspecified atom stereocenters. The average molecular weight is 390 g/mol. The molecule has 3 amide bonds. The molecule has 1 aromatic carbocycles. The van der Waals surface area contributed by atoms with Gasteiger partial charge in [0.2, 0.25) is 5.91 Å². The Balaban J connectivity index is 2.53. The first-order chi connectivity index (χ1) is 11.6. The number of quaternary nitrogens is 1. The molecule has 0 heterocycles. The molecule has 1 rings (SSSR count). The zero-order chi connectivity index (χ0) is 19.1. The van der Waals surface area contributed by atoms with Gasteiger partial charge < -0.3 is 20.0 Å². The fraction of sp³-hybridized carbons (Fsp3) is 0.438. The fourth-order valence-electron chi connectivity index (χ4n) is 1.96. The summed E-state index contributed by atoms with van der Waals surface area (Å²) in [5, 5.41) is 3.34. The van der Waals surface area contributed by atoms with Crippen molar-refractivity contribution in [3.8, 4) is 0 Å². The number of amides is 3. The number of benzene rings is 1. The summed E-state index contributed by atoms with van der Waals surface area (Å²) in [6.45, 7) is 0.143. The summed E-state index contributed by atoms with van der Waals surface area (Å²) in [4.78, 5) is 39.3. The van der Waals surface area contributed by atoms with E-state index in [2.05, 4.69) is 5.32 Å². The van der Waals surface area contributed by atoms with Gasteiger partial charge in [0.1, 0.15) is 0 Å². The summed E-state index contributed by atoms with van der Waals surface area (Å²) < 4.78 is 0. The Morgan fingerprint density at radius 2 is 1.60 bits per heavy atom. The highest BCUT2D eigenvalue weighted by Gasteiger charge is 2.20. The molecule has 25 heavy (non-hydrogen) atoms. The zero-order valence-electron chi connectivity index (χ0n) is 14.7. The second kappa shape index (κ2) is 9.60. The highest BCUT2D eigenvalue weighted by Crippen LogP contribution is 2.29. The van der Waals surface area contributed by atoms with E-state index in [9.17, 15) is 14.4 Å². The van der Waals surface area contributed by atoms with Crippen molar-refractivity contribution in [1.82, 2.24) is 9.80 Å². The van der Waals surface area contributed by atoms with Crippen molar-refractivity contribution >= 4 is 46.6 Å². The number of para-hydroxylation sites is 1. The smallest absolute Gasteiger partial charge is 0.279 e. The van der Waals surface area contributed by atoms with Gasteiger partial charge in [0.05, 0.1) is 29.3 Å². The Hall–Kier alpha value is -1.83. The molecule has 138 valence electrons. The third-order valence-corrected chi connectivity index (χ3v) is 4.07. The molecule has 0 bridgehead atoms. The van der Waals surface area contributed by atoms with E-state index >= 15 is 0 Å². The monoisotopic (exact) mass is 389 g/mol. The number of nitrogens with one attached hydrogen (secondary N) is 2. The summed E-state index contributed by atoms with van der Waals surface area (Å²) in [6.07, 6.45) is 0. The summed E-state index contributed by atoms with van der Waals surface area (Å²) in [7, 11) is 6.53. The van der Waals surface area contributed by atoms with Crippen LogP contribution in [0.15, 0.2) is 18.2 Å². The first-order valence-electron chi connectivity index (χ1n) is 7.61. The van der Waals surface area contributed by atoms with Gasteiger partial charge in [0, 0.05) is 21.1 Å². The SMILES string of the molecule is CN(C)C(=O)CN(C)C(=O)C[NH+](C)CC(=O)Nc1c(Cl)cccc1Cl. The number of hydrogen-bond acceptors (Lipinski definition) is 3. The van der Waals surface area contributed by atoms with E-state index in [4.69, 9.17) is 23.2 Å². The van der Waals surface area contributed by atoms with Crippen LogP contribution in [0.25, 0.3) is 0 Å². The Morgan fingerprint density at radius 3 is 2.12 bits per heavy atom. The minimum absolute atomic E-state index is 0.000537. The Bertz CT molecular complexity index is 632. The lowest BCUT2D eigenvalue weighted by Gasteiger charge is -2.21. The highest BCUT2D eigenvalue weighted by atomic mass is 35.5. The highest BCUT2D eigenvalue weighted by molar-refractivity contribution is 6.39. The van der Waals surface area contributed by atoms with E-state index in [0.29, 0.717) is 20.6 Å². The van der Waals surface area contributed by atoms with Crippen LogP contribution in [-0.4, -0.2) is 75.3 Å². The summed E-state index contributed by atoms with van der Waals surface area (Å²) >= 11 is 12.0. The van der Waals surface area contributed by atoms with Gasteiger partial charge in [-0.2, -0.15) is 0 Å². The van der Waals surface area contributed by atoms with Crippen LogP contribution in [0, 0.1) is 0 Å². The molecule has 0 aliphatic rings. The van der Waals surface area contributed by atoms with Crippen LogP contribution in [0.5, 0.6) is 0 Å². The quantitative estimate of drug-likeness (QED) is 0.688. The maximum Gasteiger partial charge on any atom is 0.279 e. The molecule has 0 spiro atoms. The molecule has 0 aliphatic heterocycles. The van der Waals surface area contributed by atoms with Gasteiger partial charge in [-0.25, -0.2) is 0 Å². The number of hydrogen-bond donors (Lipinski definition) is 2. The lowest BCUT2D eigenvalue weighted by molar-refractivity contribution is -0.862. The van der Waals surface area contributed by atoms with Gasteiger partial charge in [-0.3, -0.25) is 14.4 Å². The summed E-state index contributed by atoms with van der Waals surface area (Å²) in [5.41, 5.74) is 0.351. The number of carbonyl (C=O) groups excluding carboxylic acids is 3. The number of nitrogens with zero attached hydrogens (tertiary/aromatic N) is 2. The molecule has 0 aliphatic carbocycles. The molecule has 0 radical (unpaired) electrons. The van der Waals surface area contributed by atoms with Crippen LogP contribution >= 0.6 is 23.2 Å². The average Bonchev–Trinajstić information content (AvgIpc) is 2.50. The maximum atomic E-state index is 12.1. The lowest BCUT2D eigenvalue weighted by Crippen LogP contribution is -3.11. The third kappa shape index (κ3) is 6.89.